The molecule has 0 radical (unpaired) electrons. The van der Waals surface area contributed by atoms with Crippen LogP contribution in [0.1, 0.15) is 27.0 Å². The molecule has 0 aliphatic carbocycles. The van der Waals surface area contributed by atoms with Crippen LogP contribution in [-0.2, 0) is 6.54 Å². The van der Waals surface area contributed by atoms with Crippen molar-refractivity contribution in [2.75, 3.05) is 12.9 Å². The topological polar surface area (TPSA) is 44.1 Å². The van der Waals surface area contributed by atoms with Crippen LogP contribution in [0.15, 0.2) is 71.9 Å². The van der Waals surface area contributed by atoms with E-state index in [2.05, 4.69) is 16.7 Å². The van der Waals surface area contributed by atoms with Crippen LogP contribution in [0.2, 0.25) is 0 Å². The average Bonchev–Trinajstić information content (AvgIpc) is 3.10. The molecule has 1 aromatic heterocycles. The molecule has 0 N–H and O–H groups in total. The third-order valence-electron chi connectivity index (χ3n) is 5.13. The fourth-order valence-electron chi connectivity index (χ4n) is 3.49. The maximum Gasteiger partial charge on any atom is 0.173 e. The summed E-state index contributed by atoms with van der Waals surface area (Å²) < 4.78 is 7.53. The molecule has 0 saturated heterocycles. The van der Waals surface area contributed by atoms with Gasteiger partial charge in [-0.25, -0.2) is 4.98 Å². The van der Waals surface area contributed by atoms with Crippen LogP contribution in [0.4, 0.5) is 0 Å². The lowest BCUT2D eigenvalue weighted by Gasteiger charge is -2.10. The molecule has 0 unspecified atom stereocenters. The monoisotopic (exact) mass is 416 g/mol. The highest BCUT2D eigenvalue weighted by Crippen LogP contribution is 2.28. The van der Waals surface area contributed by atoms with Gasteiger partial charge in [-0.15, -0.1) is 0 Å². The summed E-state index contributed by atoms with van der Waals surface area (Å²) >= 11 is 1.48. The van der Waals surface area contributed by atoms with Crippen molar-refractivity contribution in [3.63, 3.8) is 0 Å². The highest BCUT2D eigenvalue weighted by molar-refractivity contribution is 7.99. The minimum atomic E-state index is 0.122. The van der Waals surface area contributed by atoms with Crippen molar-refractivity contribution in [2.24, 2.45) is 0 Å². The lowest BCUT2D eigenvalue weighted by molar-refractivity contribution is 0.102. The second-order valence-electron chi connectivity index (χ2n) is 7.35. The number of carbonyl (C=O) groups is 1. The van der Waals surface area contributed by atoms with Gasteiger partial charge >= 0.3 is 0 Å². The highest BCUT2D eigenvalue weighted by atomic mass is 32.2. The van der Waals surface area contributed by atoms with Gasteiger partial charge < -0.3 is 9.30 Å². The Kier molecular flexibility index (Phi) is 5.91. The van der Waals surface area contributed by atoms with E-state index >= 15 is 0 Å². The number of hydrogen-bond acceptors (Lipinski definition) is 4. The molecule has 1 heterocycles. The van der Waals surface area contributed by atoms with Crippen molar-refractivity contribution in [1.82, 2.24) is 9.55 Å². The summed E-state index contributed by atoms with van der Waals surface area (Å²) in [6, 6.07) is 22.2. The molecule has 4 rings (SSSR count). The number of imidazole rings is 1. The number of fused-ring (bicyclic) bond motifs is 1. The molecule has 0 amide bonds. The number of hydrogen-bond donors (Lipinski definition) is 0. The van der Waals surface area contributed by atoms with Crippen molar-refractivity contribution in [1.29, 1.82) is 0 Å². The van der Waals surface area contributed by atoms with E-state index in [4.69, 9.17) is 9.72 Å². The molecule has 0 saturated carbocycles. The number of aromatic nitrogens is 2. The molecule has 0 spiro atoms. The van der Waals surface area contributed by atoms with Crippen molar-refractivity contribution in [3.05, 3.63) is 89.0 Å². The largest absolute Gasteiger partial charge is 0.497 e. The Hall–Kier alpha value is -3.05. The van der Waals surface area contributed by atoms with E-state index in [1.54, 1.807) is 7.11 Å². The molecule has 0 bridgehead atoms. The van der Waals surface area contributed by atoms with Crippen molar-refractivity contribution >= 4 is 28.6 Å². The van der Waals surface area contributed by atoms with Gasteiger partial charge in [-0.3, -0.25) is 4.79 Å². The van der Waals surface area contributed by atoms with Gasteiger partial charge in [-0.1, -0.05) is 59.8 Å². The van der Waals surface area contributed by atoms with Gasteiger partial charge in [0.15, 0.2) is 10.9 Å². The van der Waals surface area contributed by atoms with E-state index < -0.39 is 0 Å². The zero-order valence-corrected chi connectivity index (χ0v) is 18.2. The molecular formula is C25H24N2O2S. The fourth-order valence-corrected chi connectivity index (χ4v) is 4.38. The smallest absolute Gasteiger partial charge is 0.173 e. The van der Waals surface area contributed by atoms with Crippen LogP contribution in [0, 0.1) is 13.8 Å². The molecule has 0 aliphatic rings. The van der Waals surface area contributed by atoms with Gasteiger partial charge in [0, 0.05) is 11.6 Å². The lowest BCUT2D eigenvalue weighted by atomic mass is 10.0. The molecule has 4 aromatic rings. The summed E-state index contributed by atoms with van der Waals surface area (Å²) in [7, 11) is 1.65. The van der Waals surface area contributed by atoms with E-state index in [0.717, 1.165) is 38.6 Å². The predicted octanol–water partition coefficient (Wildman–Crippen LogP) is 5.69. The lowest BCUT2D eigenvalue weighted by Crippen LogP contribution is -2.07. The number of Topliss-reactive ketones (excluding diaryl/α,β-unsaturated/α-hetero) is 1. The average molecular weight is 417 g/mol. The number of rotatable bonds is 7. The number of benzene rings is 3. The fraction of sp³-hybridized carbons (Fsp3) is 0.200. The van der Waals surface area contributed by atoms with E-state index in [0.29, 0.717) is 12.3 Å². The van der Waals surface area contributed by atoms with Crippen LogP contribution in [0.25, 0.3) is 11.0 Å². The molecule has 152 valence electrons. The second kappa shape index (κ2) is 8.76. The molecule has 4 nitrogen and oxygen atoms in total. The second-order valence-corrected chi connectivity index (χ2v) is 8.29. The van der Waals surface area contributed by atoms with Crippen LogP contribution < -0.4 is 4.74 Å². The first kappa shape index (κ1) is 20.2. The van der Waals surface area contributed by atoms with Gasteiger partial charge in [-0.2, -0.15) is 0 Å². The Morgan fingerprint density at radius 3 is 2.60 bits per heavy atom. The third kappa shape index (κ3) is 4.26. The van der Waals surface area contributed by atoms with Gasteiger partial charge in [-0.05, 0) is 43.2 Å². The van der Waals surface area contributed by atoms with Gasteiger partial charge in [0.05, 0.1) is 30.4 Å². The summed E-state index contributed by atoms with van der Waals surface area (Å²) in [5.74, 6) is 1.24. The normalized spacial score (nSPS) is 11.0. The SMILES string of the molecule is COc1ccc2c(c1)nc(SCC(=O)c1cc(C)ccc1C)n2Cc1ccccc1. The summed E-state index contributed by atoms with van der Waals surface area (Å²) in [6.45, 7) is 4.69. The first-order valence-electron chi connectivity index (χ1n) is 9.86. The molecule has 5 heteroatoms. The number of nitrogens with zero attached hydrogens (tertiary/aromatic N) is 2. The Labute approximate surface area is 180 Å². The zero-order chi connectivity index (χ0) is 21.1. The van der Waals surface area contributed by atoms with Gasteiger partial charge in [0.1, 0.15) is 5.75 Å². The number of carbonyl (C=O) groups excluding carboxylic acids is 1. The van der Waals surface area contributed by atoms with Crippen LogP contribution in [0.5, 0.6) is 5.75 Å². The van der Waals surface area contributed by atoms with Crippen LogP contribution >= 0.6 is 11.8 Å². The highest BCUT2D eigenvalue weighted by Gasteiger charge is 2.16. The van der Waals surface area contributed by atoms with Crippen molar-refractivity contribution in [3.8, 4) is 5.75 Å². The minimum Gasteiger partial charge on any atom is -0.497 e. The number of ether oxygens (including phenoxy) is 1. The molecule has 0 atom stereocenters. The zero-order valence-electron chi connectivity index (χ0n) is 17.4. The Morgan fingerprint density at radius 1 is 1.03 bits per heavy atom. The molecule has 0 fully saturated rings. The van der Waals surface area contributed by atoms with E-state index in [-0.39, 0.29) is 5.78 Å². The first-order valence-corrected chi connectivity index (χ1v) is 10.8. The van der Waals surface area contributed by atoms with Crippen LogP contribution in [0.3, 0.4) is 0 Å². The number of thioether (sulfide) groups is 1. The summed E-state index contributed by atoms with van der Waals surface area (Å²) in [5, 5.41) is 0.834. The maximum absolute atomic E-state index is 12.9. The quantitative estimate of drug-likeness (QED) is 0.287. The minimum absolute atomic E-state index is 0.122. The standard InChI is InChI=1S/C25H24N2O2S/c1-17-9-10-18(2)21(13-17)24(28)16-30-25-26-22-14-20(29-3)11-12-23(22)27(25)15-19-7-5-4-6-8-19/h4-14H,15-16H2,1-3H3. The summed E-state index contributed by atoms with van der Waals surface area (Å²) in [4.78, 5) is 17.7. The Balaban J connectivity index is 1.65. The third-order valence-corrected chi connectivity index (χ3v) is 6.11. The van der Waals surface area contributed by atoms with Gasteiger partial charge in [0.25, 0.3) is 0 Å². The van der Waals surface area contributed by atoms with Gasteiger partial charge in [0.2, 0.25) is 0 Å². The number of ketones is 1. The number of methoxy groups -OCH3 is 1. The van der Waals surface area contributed by atoms with E-state index in [9.17, 15) is 4.79 Å². The number of aryl methyl sites for hydroxylation is 2. The molecule has 3 aromatic carbocycles. The molecule has 30 heavy (non-hydrogen) atoms. The van der Waals surface area contributed by atoms with Crippen molar-refractivity contribution < 1.29 is 9.53 Å². The van der Waals surface area contributed by atoms with E-state index in [1.165, 1.54) is 17.3 Å². The summed E-state index contributed by atoms with van der Waals surface area (Å²) in [6.07, 6.45) is 0. The van der Waals surface area contributed by atoms with E-state index in [1.807, 2.05) is 68.4 Å². The molecule has 0 aliphatic heterocycles. The Bertz CT molecular complexity index is 1200. The summed E-state index contributed by atoms with van der Waals surface area (Å²) in [5.41, 5.74) is 5.98. The maximum atomic E-state index is 12.9. The molecular weight excluding hydrogens is 392 g/mol. The Morgan fingerprint density at radius 2 is 1.83 bits per heavy atom. The first-order chi connectivity index (χ1) is 14.5. The van der Waals surface area contributed by atoms with Crippen molar-refractivity contribution in [2.45, 2.75) is 25.5 Å². The predicted molar refractivity (Wildman–Crippen MR) is 123 cm³/mol. The van der Waals surface area contributed by atoms with Crippen LogP contribution in [-0.4, -0.2) is 28.2 Å².